The predicted molar refractivity (Wildman–Crippen MR) is 127 cm³/mol. The number of nitrogens with one attached hydrogen (secondary N) is 2. The van der Waals surface area contributed by atoms with Gasteiger partial charge in [0, 0.05) is 38.8 Å². The van der Waals surface area contributed by atoms with Crippen molar-refractivity contribution in [2.45, 2.75) is 19.9 Å². The van der Waals surface area contributed by atoms with Gasteiger partial charge in [-0.25, -0.2) is 0 Å². The van der Waals surface area contributed by atoms with Gasteiger partial charge in [0.25, 0.3) is 5.91 Å². The molecule has 2 rings (SSSR count). The van der Waals surface area contributed by atoms with E-state index < -0.39 is 0 Å². The Kier molecular flexibility index (Phi) is 11.6. The first-order valence-electron chi connectivity index (χ1n) is 9.08. The molecule has 0 fully saturated rings. The smallest absolute Gasteiger partial charge is 0.261 e. The first-order valence-corrected chi connectivity index (χ1v) is 9.96. The monoisotopic (exact) mass is 516 g/mol. The van der Waals surface area contributed by atoms with Gasteiger partial charge in [-0.05, 0) is 30.9 Å². The van der Waals surface area contributed by atoms with Gasteiger partial charge < -0.3 is 20.3 Å². The number of nitrogens with zero attached hydrogens (tertiary/aromatic N) is 2. The van der Waals surface area contributed by atoms with Crippen molar-refractivity contribution in [3.8, 4) is 5.75 Å². The molecule has 0 aliphatic carbocycles. The molecular formula is C20H29IN4O2S. The van der Waals surface area contributed by atoms with Crippen molar-refractivity contribution in [2.24, 2.45) is 4.99 Å². The lowest BCUT2D eigenvalue weighted by molar-refractivity contribution is 0.0957. The third kappa shape index (κ3) is 7.67. The first-order chi connectivity index (χ1) is 13.2. The number of rotatable bonds is 9. The Morgan fingerprint density at radius 2 is 2.00 bits per heavy atom. The Morgan fingerprint density at radius 3 is 2.68 bits per heavy atom. The average Bonchev–Trinajstić information content (AvgIpc) is 3.22. The highest BCUT2D eigenvalue weighted by molar-refractivity contribution is 14.0. The number of thiophene rings is 1. The van der Waals surface area contributed by atoms with E-state index in [2.05, 4.69) is 26.6 Å². The number of hydrogen-bond donors (Lipinski definition) is 2. The Balaban J connectivity index is 0.00000392. The van der Waals surface area contributed by atoms with E-state index >= 15 is 0 Å². The lowest BCUT2D eigenvalue weighted by atomic mass is 10.2. The standard InChI is InChI=1S/C20H28N4O2S.HI/c1-4-21-20(24(2)15-16-9-5-6-10-17(16)26-3)23-13-8-12-22-19(25)18-11-7-14-27-18;/h5-7,9-11,14H,4,8,12-13,15H2,1-3H3,(H,21,23)(H,22,25);1H. The number of aliphatic imine (C=N–C) groups is 1. The number of hydrogen-bond acceptors (Lipinski definition) is 4. The SMILES string of the molecule is CCNC(=NCCCNC(=O)c1cccs1)N(C)Cc1ccccc1OC.I. The van der Waals surface area contributed by atoms with E-state index in [4.69, 9.17) is 4.74 Å². The van der Waals surface area contributed by atoms with Crippen molar-refractivity contribution in [1.82, 2.24) is 15.5 Å². The summed E-state index contributed by atoms with van der Waals surface area (Å²) < 4.78 is 5.43. The fourth-order valence-corrected chi connectivity index (χ4v) is 3.23. The van der Waals surface area contributed by atoms with Crippen molar-refractivity contribution < 1.29 is 9.53 Å². The van der Waals surface area contributed by atoms with Gasteiger partial charge >= 0.3 is 0 Å². The summed E-state index contributed by atoms with van der Waals surface area (Å²) in [5.41, 5.74) is 1.11. The van der Waals surface area contributed by atoms with Crippen molar-refractivity contribution in [1.29, 1.82) is 0 Å². The largest absolute Gasteiger partial charge is 0.496 e. The predicted octanol–water partition coefficient (Wildman–Crippen LogP) is 3.59. The fraction of sp³-hybridized carbons (Fsp3) is 0.400. The van der Waals surface area contributed by atoms with Gasteiger partial charge in [0.15, 0.2) is 5.96 Å². The summed E-state index contributed by atoms with van der Waals surface area (Å²) in [7, 11) is 3.69. The molecule has 2 N–H and O–H groups in total. The third-order valence-corrected chi connectivity index (χ3v) is 4.79. The van der Waals surface area contributed by atoms with E-state index in [-0.39, 0.29) is 29.9 Å². The van der Waals surface area contributed by atoms with E-state index in [0.29, 0.717) is 19.6 Å². The minimum atomic E-state index is -0.0193. The van der Waals surface area contributed by atoms with Crippen LogP contribution in [0.3, 0.4) is 0 Å². The molecule has 0 spiro atoms. The Labute approximate surface area is 188 Å². The quantitative estimate of drug-likeness (QED) is 0.232. The van der Waals surface area contributed by atoms with Gasteiger partial charge in [-0.2, -0.15) is 0 Å². The molecule has 1 aromatic heterocycles. The zero-order chi connectivity index (χ0) is 19.5. The minimum absolute atomic E-state index is 0. The fourth-order valence-electron chi connectivity index (χ4n) is 2.59. The normalized spacial score (nSPS) is 10.8. The van der Waals surface area contributed by atoms with Gasteiger partial charge in [-0.1, -0.05) is 24.3 Å². The molecule has 0 bridgehead atoms. The van der Waals surface area contributed by atoms with Gasteiger partial charge in [-0.15, -0.1) is 35.3 Å². The molecule has 0 atom stereocenters. The molecule has 0 radical (unpaired) electrons. The molecule has 0 aliphatic rings. The molecule has 1 heterocycles. The highest BCUT2D eigenvalue weighted by Crippen LogP contribution is 2.18. The number of carbonyl (C=O) groups is 1. The maximum absolute atomic E-state index is 11.9. The number of amides is 1. The molecule has 1 aromatic carbocycles. The van der Waals surface area contributed by atoms with Crippen molar-refractivity contribution in [3.63, 3.8) is 0 Å². The Hall–Kier alpha value is -1.81. The zero-order valence-electron chi connectivity index (χ0n) is 16.6. The second kappa shape index (κ2) is 13.4. The highest BCUT2D eigenvalue weighted by atomic mass is 127. The Bertz CT molecular complexity index is 738. The van der Waals surface area contributed by atoms with Gasteiger partial charge in [0.1, 0.15) is 5.75 Å². The molecule has 154 valence electrons. The van der Waals surface area contributed by atoms with E-state index in [9.17, 15) is 4.79 Å². The van der Waals surface area contributed by atoms with Crippen molar-refractivity contribution >= 4 is 47.2 Å². The van der Waals surface area contributed by atoms with Crippen LogP contribution in [0.2, 0.25) is 0 Å². The number of para-hydroxylation sites is 1. The first kappa shape index (κ1) is 24.2. The van der Waals surface area contributed by atoms with Crippen LogP contribution in [-0.4, -0.2) is 50.6 Å². The summed E-state index contributed by atoms with van der Waals surface area (Å²) in [6.07, 6.45) is 0.786. The molecule has 0 aliphatic heterocycles. The number of carbonyl (C=O) groups excluding carboxylic acids is 1. The second-order valence-electron chi connectivity index (χ2n) is 5.99. The second-order valence-corrected chi connectivity index (χ2v) is 6.94. The molecular weight excluding hydrogens is 487 g/mol. The molecule has 28 heavy (non-hydrogen) atoms. The number of guanidine groups is 1. The van der Waals surface area contributed by atoms with Crippen LogP contribution in [0.1, 0.15) is 28.6 Å². The number of halogens is 1. The molecule has 2 aromatic rings. The molecule has 0 saturated heterocycles. The van der Waals surface area contributed by atoms with E-state index in [1.807, 2.05) is 49.7 Å². The molecule has 8 heteroatoms. The van der Waals surface area contributed by atoms with Crippen LogP contribution in [0.5, 0.6) is 5.75 Å². The molecule has 0 saturated carbocycles. The van der Waals surface area contributed by atoms with Gasteiger partial charge in [0.2, 0.25) is 0 Å². The Morgan fingerprint density at radius 1 is 1.21 bits per heavy atom. The van der Waals surface area contributed by atoms with E-state index in [1.165, 1.54) is 11.3 Å². The van der Waals surface area contributed by atoms with E-state index in [1.54, 1.807) is 7.11 Å². The topological polar surface area (TPSA) is 66.0 Å². The van der Waals surface area contributed by atoms with Crippen molar-refractivity contribution in [2.75, 3.05) is 33.8 Å². The highest BCUT2D eigenvalue weighted by Gasteiger charge is 2.10. The lowest BCUT2D eigenvalue weighted by Gasteiger charge is -2.23. The van der Waals surface area contributed by atoms with Crippen molar-refractivity contribution in [3.05, 3.63) is 52.2 Å². The minimum Gasteiger partial charge on any atom is -0.496 e. The van der Waals surface area contributed by atoms with Crippen LogP contribution < -0.4 is 15.4 Å². The summed E-state index contributed by atoms with van der Waals surface area (Å²) >= 11 is 1.45. The zero-order valence-corrected chi connectivity index (χ0v) is 19.8. The van der Waals surface area contributed by atoms with E-state index in [0.717, 1.165) is 35.1 Å². The average molecular weight is 516 g/mol. The molecule has 1 amide bonds. The van der Waals surface area contributed by atoms with Crippen LogP contribution in [0.15, 0.2) is 46.8 Å². The van der Waals surface area contributed by atoms with Crippen LogP contribution in [0.25, 0.3) is 0 Å². The summed E-state index contributed by atoms with van der Waals surface area (Å²) in [6.45, 7) is 4.79. The van der Waals surface area contributed by atoms with Gasteiger partial charge in [0.05, 0.1) is 12.0 Å². The summed E-state index contributed by atoms with van der Waals surface area (Å²) in [4.78, 5) is 19.4. The summed E-state index contributed by atoms with van der Waals surface area (Å²) in [5.74, 6) is 1.69. The molecule has 0 unspecified atom stereocenters. The number of ether oxygens (including phenoxy) is 1. The summed E-state index contributed by atoms with van der Waals surface area (Å²) in [5, 5.41) is 8.14. The van der Waals surface area contributed by atoms with Crippen LogP contribution in [0, 0.1) is 0 Å². The molecule has 6 nitrogen and oxygen atoms in total. The van der Waals surface area contributed by atoms with Gasteiger partial charge in [-0.3, -0.25) is 9.79 Å². The van der Waals surface area contributed by atoms with Crippen LogP contribution in [-0.2, 0) is 6.54 Å². The maximum Gasteiger partial charge on any atom is 0.261 e. The summed E-state index contributed by atoms with van der Waals surface area (Å²) in [6, 6.07) is 11.7. The maximum atomic E-state index is 11.9. The number of methoxy groups -OCH3 is 1. The third-order valence-electron chi connectivity index (χ3n) is 3.92. The number of benzene rings is 1. The van der Waals surface area contributed by atoms with Crippen LogP contribution >= 0.6 is 35.3 Å². The lowest BCUT2D eigenvalue weighted by Crippen LogP contribution is -2.38. The van der Waals surface area contributed by atoms with Crippen LogP contribution in [0.4, 0.5) is 0 Å².